The average molecular weight is 472 g/mol. The number of carbonyl (C=O) groups is 1. The van der Waals surface area contributed by atoms with Gasteiger partial charge in [-0.05, 0) is 48.9 Å². The second-order valence-corrected chi connectivity index (χ2v) is 10.1. The molecule has 33 heavy (non-hydrogen) atoms. The number of anilines is 1. The Kier molecular flexibility index (Phi) is 6.94. The van der Waals surface area contributed by atoms with Crippen molar-refractivity contribution in [2.75, 3.05) is 38.2 Å². The van der Waals surface area contributed by atoms with E-state index in [1.807, 2.05) is 17.6 Å². The third-order valence-corrected chi connectivity index (χ3v) is 6.81. The van der Waals surface area contributed by atoms with Crippen molar-refractivity contribution in [2.24, 2.45) is 0 Å². The molecule has 0 fully saturated rings. The molecule has 1 radical (unpaired) electrons. The fraction of sp³-hybridized carbons (Fsp3) is 0.292. The zero-order valence-electron chi connectivity index (χ0n) is 19.4. The zero-order chi connectivity index (χ0) is 24.5. The lowest BCUT2D eigenvalue weighted by molar-refractivity contribution is 0.0827. The molecule has 3 aromatic rings. The van der Waals surface area contributed by atoms with Gasteiger partial charge in [-0.15, -0.1) is 0 Å². The number of fused-ring (bicyclic) bond motifs is 1. The molecule has 0 unspecified atom stereocenters. The summed E-state index contributed by atoms with van der Waals surface area (Å²) in [6.45, 7) is 1.67. The quantitative estimate of drug-likeness (QED) is 0.524. The highest BCUT2D eigenvalue weighted by atomic mass is 32.2. The number of nitrogens with one attached hydrogen (secondary N) is 1. The molecule has 1 amide bonds. The van der Waals surface area contributed by atoms with Crippen LogP contribution in [-0.2, 0) is 16.6 Å². The first-order chi connectivity index (χ1) is 15.5. The number of halogens is 1. The van der Waals surface area contributed by atoms with E-state index in [-0.39, 0.29) is 19.0 Å². The SMILES string of the molecule is Cc1c(-c2cccc(N(C)S(C)(=O)=O)c2)c2cc(C(=O)N(C)C)ccc2n1C/C(F)=C/C[NH]. The van der Waals surface area contributed by atoms with Gasteiger partial charge < -0.3 is 9.47 Å². The summed E-state index contributed by atoms with van der Waals surface area (Å²) < 4.78 is 41.5. The van der Waals surface area contributed by atoms with Crippen molar-refractivity contribution in [2.45, 2.75) is 13.5 Å². The number of hydrogen-bond acceptors (Lipinski definition) is 3. The number of sulfonamides is 1. The number of allylic oxidation sites excluding steroid dienone is 1. The second-order valence-electron chi connectivity index (χ2n) is 8.11. The van der Waals surface area contributed by atoms with Gasteiger partial charge in [-0.1, -0.05) is 12.1 Å². The predicted octanol–water partition coefficient (Wildman–Crippen LogP) is 3.85. The van der Waals surface area contributed by atoms with Crippen LogP contribution in [-0.4, -0.2) is 57.7 Å². The van der Waals surface area contributed by atoms with E-state index < -0.39 is 15.9 Å². The summed E-state index contributed by atoms with van der Waals surface area (Å²) in [5, 5.41) is 0.762. The van der Waals surface area contributed by atoms with Crippen LogP contribution in [0.15, 0.2) is 54.4 Å². The maximum absolute atomic E-state index is 14.4. The van der Waals surface area contributed by atoms with E-state index in [0.717, 1.165) is 34.0 Å². The van der Waals surface area contributed by atoms with Crippen LogP contribution in [0.3, 0.4) is 0 Å². The summed E-state index contributed by atoms with van der Waals surface area (Å²) in [6, 6.07) is 12.4. The minimum Gasteiger partial charge on any atom is -0.345 e. The molecule has 0 atom stereocenters. The van der Waals surface area contributed by atoms with Crippen LogP contribution in [0.2, 0.25) is 0 Å². The number of amides is 1. The van der Waals surface area contributed by atoms with Crippen LogP contribution in [0.1, 0.15) is 16.1 Å². The number of benzene rings is 2. The first-order valence-corrected chi connectivity index (χ1v) is 12.2. The highest BCUT2D eigenvalue weighted by Crippen LogP contribution is 2.37. The Balaban J connectivity index is 2.29. The van der Waals surface area contributed by atoms with E-state index in [4.69, 9.17) is 5.73 Å². The third-order valence-electron chi connectivity index (χ3n) is 5.61. The summed E-state index contributed by atoms with van der Waals surface area (Å²) in [6.07, 6.45) is 2.36. The average Bonchev–Trinajstić information content (AvgIpc) is 3.02. The van der Waals surface area contributed by atoms with Crippen molar-refractivity contribution in [3.8, 4) is 11.1 Å². The molecular formula is C24H28FN4O3S. The number of carbonyl (C=O) groups excluding carboxylic acids is 1. The van der Waals surface area contributed by atoms with Crippen LogP contribution in [0, 0.1) is 6.92 Å². The number of hydrogen-bond donors (Lipinski definition) is 0. The van der Waals surface area contributed by atoms with E-state index in [1.165, 1.54) is 22.3 Å². The summed E-state index contributed by atoms with van der Waals surface area (Å²) in [7, 11) is 1.39. The Labute approximate surface area is 193 Å². The molecule has 1 heterocycles. The Hall–Kier alpha value is -3.17. The maximum Gasteiger partial charge on any atom is 0.253 e. The van der Waals surface area contributed by atoms with Gasteiger partial charge in [0.2, 0.25) is 10.0 Å². The van der Waals surface area contributed by atoms with Crippen molar-refractivity contribution >= 4 is 32.5 Å². The van der Waals surface area contributed by atoms with Gasteiger partial charge in [0.05, 0.1) is 18.5 Å². The molecule has 7 nitrogen and oxygen atoms in total. The first-order valence-electron chi connectivity index (χ1n) is 10.3. The van der Waals surface area contributed by atoms with Gasteiger partial charge in [0.25, 0.3) is 5.91 Å². The molecule has 0 aliphatic carbocycles. The number of rotatable bonds is 7. The molecule has 3 rings (SSSR count). The van der Waals surface area contributed by atoms with Crippen LogP contribution >= 0.6 is 0 Å². The topological polar surface area (TPSA) is 86.4 Å². The van der Waals surface area contributed by atoms with Crippen molar-refractivity contribution in [3.63, 3.8) is 0 Å². The Bertz CT molecular complexity index is 1340. The van der Waals surface area contributed by atoms with Gasteiger partial charge in [0.15, 0.2) is 0 Å². The van der Waals surface area contributed by atoms with E-state index >= 15 is 0 Å². The first kappa shape index (κ1) is 24.5. The Morgan fingerprint density at radius 1 is 1.15 bits per heavy atom. The van der Waals surface area contributed by atoms with Gasteiger partial charge in [-0.25, -0.2) is 12.8 Å². The van der Waals surface area contributed by atoms with Crippen LogP contribution in [0.25, 0.3) is 22.0 Å². The molecule has 0 saturated heterocycles. The fourth-order valence-corrected chi connectivity index (χ4v) is 4.31. The van der Waals surface area contributed by atoms with E-state index in [2.05, 4.69) is 0 Å². The molecule has 0 aliphatic rings. The van der Waals surface area contributed by atoms with Crippen molar-refractivity contribution < 1.29 is 17.6 Å². The van der Waals surface area contributed by atoms with Gasteiger partial charge in [0.1, 0.15) is 5.83 Å². The van der Waals surface area contributed by atoms with Gasteiger partial charge >= 0.3 is 0 Å². The molecule has 1 aromatic heterocycles. The monoisotopic (exact) mass is 471 g/mol. The maximum atomic E-state index is 14.4. The summed E-state index contributed by atoms with van der Waals surface area (Å²) in [5.74, 6) is -0.574. The smallest absolute Gasteiger partial charge is 0.253 e. The highest BCUT2D eigenvalue weighted by molar-refractivity contribution is 7.92. The molecule has 0 spiro atoms. The van der Waals surface area contributed by atoms with Gasteiger partial charge in [0, 0.05) is 55.4 Å². The van der Waals surface area contributed by atoms with Crippen molar-refractivity contribution in [3.05, 3.63) is 65.6 Å². The Morgan fingerprint density at radius 2 is 1.85 bits per heavy atom. The zero-order valence-corrected chi connectivity index (χ0v) is 20.2. The van der Waals surface area contributed by atoms with E-state index in [9.17, 15) is 17.6 Å². The van der Waals surface area contributed by atoms with Gasteiger partial charge in [-0.2, -0.15) is 0 Å². The van der Waals surface area contributed by atoms with Crippen molar-refractivity contribution in [1.29, 1.82) is 0 Å². The standard InChI is InChI=1S/C24H28FN4O3S/c1-16-23(17-7-6-8-20(13-17)28(4)33(5,31)32)21-14-18(24(30)27(2)3)9-10-22(21)29(16)15-19(25)11-12-26/h6-11,13-14,26H,12,15H2,1-5H3/b19-11-. The minimum atomic E-state index is -3.45. The summed E-state index contributed by atoms with van der Waals surface area (Å²) >= 11 is 0. The molecule has 0 saturated carbocycles. The molecule has 175 valence electrons. The third kappa shape index (κ3) is 4.94. The lowest BCUT2D eigenvalue weighted by Crippen LogP contribution is -2.24. The minimum absolute atomic E-state index is 0.0366. The van der Waals surface area contributed by atoms with E-state index in [0.29, 0.717) is 11.3 Å². The summed E-state index contributed by atoms with van der Waals surface area (Å²) in [5.41, 5.74) is 11.3. The molecule has 2 aromatic carbocycles. The lowest BCUT2D eigenvalue weighted by atomic mass is 10.00. The largest absolute Gasteiger partial charge is 0.345 e. The molecule has 9 heteroatoms. The molecular weight excluding hydrogens is 443 g/mol. The second kappa shape index (κ2) is 9.36. The van der Waals surface area contributed by atoms with Crippen LogP contribution in [0.5, 0.6) is 0 Å². The number of aromatic nitrogens is 1. The predicted molar refractivity (Wildman–Crippen MR) is 131 cm³/mol. The molecule has 0 bridgehead atoms. The van der Waals surface area contributed by atoms with Gasteiger partial charge in [-0.3, -0.25) is 14.8 Å². The van der Waals surface area contributed by atoms with Crippen LogP contribution < -0.4 is 10.0 Å². The number of nitrogens with zero attached hydrogens (tertiary/aromatic N) is 3. The Morgan fingerprint density at radius 3 is 2.45 bits per heavy atom. The fourth-order valence-electron chi connectivity index (χ4n) is 3.82. The highest BCUT2D eigenvalue weighted by Gasteiger charge is 2.20. The van der Waals surface area contributed by atoms with E-state index in [1.54, 1.807) is 50.5 Å². The normalized spacial score (nSPS) is 12.3. The van der Waals surface area contributed by atoms with Crippen LogP contribution in [0.4, 0.5) is 10.1 Å². The lowest BCUT2D eigenvalue weighted by Gasteiger charge is -2.17. The molecule has 1 N–H and O–H groups in total. The van der Waals surface area contributed by atoms with Crippen molar-refractivity contribution in [1.82, 2.24) is 15.2 Å². The molecule has 0 aliphatic heterocycles. The summed E-state index contributed by atoms with van der Waals surface area (Å²) in [4.78, 5) is 14.1.